The van der Waals surface area contributed by atoms with Crippen LogP contribution in [0, 0.1) is 0 Å². The van der Waals surface area contributed by atoms with E-state index in [0.717, 1.165) is 31.5 Å². The number of hydrogen-bond donors (Lipinski definition) is 1. The van der Waals surface area contributed by atoms with Crippen LogP contribution < -0.4 is 15.1 Å². The number of nitrogens with zero attached hydrogens (tertiary/aromatic N) is 3. The molecular formula is C20H28N4O4. The van der Waals surface area contributed by atoms with Gasteiger partial charge in [-0.15, -0.1) is 0 Å². The summed E-state index contributed by atoms with van der Waals surface area (Å²) in [4.78, 5) is 43.1. The minimum absolute atomic E-state index is 0.0699. The van der Waals surface area contributed by atoms with Gasteiger partial charge in [0, 0.05) is 39.9 Å². The molecular weight excluding hydrogens is 360 g/mol. The smallest absolute Gasteiger partial charge is 0.253 e. The molecule has 1 atom stereocenters. The number of fused-ring (bicyclic) bond motifs is 3. The van der Waals surface area contributed by atoms with Gasteiger partial charge in [0.25, 0.3) is 5.91 Å². The van der Waals surface area contributed by atoms with Crippen molar-refractivity contribution in [1.29, 1.82) is 0 Å². The summed E-state index contributed by atoms with van der Waals surface area (Å²) < 4.78 is 4.95. The van der Waals surface area contributed by atoms with Crippen LogP contribution in [-0.2, 0) is 14.3 Å². The lowest BCUT2D eigenvalue weighted by Crippen LogP contribution is -2.57. The summed E-state index contributed by atoms with van der Waals surface area (Å²) in [6.45, 7) is 1.53. The van der Waals surface area contributed by atoms with Crippen molar-refractivity contribution in [3.63, 3.8) is 0 Å². The Morgan fingerprint density at radius 1 is 1.25 bits per heavy atom. The van der Waals surface area contributed by atoms with Crippen molar-refractivity contribution in [2.75, 3.05) is 57.2 Å². The van der Waals surface area contributed by atoms with Crippen LogP contribution in [0.5, 0.6) is 0 Å². The van der Waals surface area contributed by atoms with E-state index >= 15 is 0 Å². The van der Waals surface area contributed by atoms with Gasteiger partial charge in [0.2, 0.25) is 11.8 Å². The number of carbonyl (C=O) groups excluding carboxylic acids is 3. The average Bonchev–Trinajstić information content (AvgIpc) is 2.70. The zero-order chi connectivity index (χ0) is 20.3. The second kappa shape index (κ2) is 8.60. The molecule has 0 aliphatic carbocycles. The second-order valence-corrected chi connectivity index (χ2v) is 7.38. The van der Waals surface area contributed by atoms with Crippen molar-refractivity contribution in [1.82, 2.24) is 10.2 Å². The van der Waals surface area contributed by atoms with E-state index in [4.69, 9.17) is 4.74 Å². The monoisotopic (exact) mass is 388 g/mol. The third-order valence-electron chi connectivity index (χ3n) is 5.21. The third-order valence-corrected chi connectivity index (χ3v) is 5.21. The summed E-state index contributed by atoms with van der Waals surface area (Å²) in [6, 6.07) is 5.16. The van der Waals surface area contributed by atoms with Gasteiger partial charge in [-0.3, -0.25) is 19.3 Å². The first kappa shape index (κ1) is 20.1. The molecule has 152 valence electrons. The summed E-state index contributed by atoms with van der Waals surface area (Å²) in [7, 11) is 4.95. The van der Waals surface area contributed by atoms with Gasteiger partial charge in [-0.05, 0) is 37.5 Å². The molecule has 1 N–H and O–H groups in total. The van der Waals surface area contributed by atoms with Crippen molar-refractivity contribution in [3.8, 4) is 0 Å². The second-order valence-electron chi connectivity index (χ2n) is 7.38. The molecule has 2 heterocycles. The topological polar surface area (TPSA) is 82.2 Å². The summed E-state index contributed by atoms with van der Waals surface area (Å²) >= 11 is 0. The Labute approximate surface area is 165 Å². The lowest BCUT2D eigenvalue weighted by Gasteiger charge is -2.45. The zero-order valence-electron chi connectivity index (χ0n) is 16.7. The fraction of sp³-hybridized carbons (Fsp3) is 0.550. The predicted molar refractivity (Wildman–Crippen MR) is 107 cm³/mol. The molecule has 3 amide bonds. The first-order valence-electron chi connectivity index (χ1n) is 9.63. The van der Waals surface area contributed by atoms with Crippen molar-refractivity contribution < 1.29 is 19.1 Å². The number of carbonyl (C=O) groups is 3. The quantitative estimate of drug-likeness (QED) is 0.731. The molecule has 0 spiro atoms. The number of benzene rings is 1. The molecule has 0 bridgehead atoms. The summed E-state index contributed by atoms with van der Waals surface area (Å²) in [5.74, 6) is -0.464. The highest BCUT2D eigenvalue weighted by molar-refractivity contribution is 6.09. The molecule has 0 saturated carbocycles. The van der Waals surface area contributed by atoms with Crippen molar-refractivity contribution >= 4 is 29.1 Å². The fourth-order valence-corrected chi connectivity index (χ4v) is 3.80. The molecule has 8 heteroatoms. The molecule has 1 saturated heterocycles. The Balaban J connectivity index is 1.94. The van der Waals surface area contributed by atoms with Crippen LogP contribution in [0.1, 0.15) is 29.6 Å². The van der Waals surface area contributed by atoms with Crippen LogP contribution >= 0.6 is 0 Å². The highest BCUT2D eigenvalue weighted by Gasteiger charge is 2.40. The number of anilines is 2. The van der Waals surface area contributed by atoms with Crippen LogP contribution in [0.15, 0.2) is 18.2 Å². The van der Waals surface area contributed by atoms with Gasteiger partial charge < -0.3 is 19.9 Å². The molecule has 8 nitrogen and oxygen atoms in total. The van der Waals surface area contributed by atoms with Crippen molar-refractivity contribution in [3.05, 3.63) is 23.8 Å². The molecule has 28 heavy (non-hydrogen) atoms. The standard InChI is InChI=1S/C20H28N4O4/c1-22(2)19(26)14-7-8-15-17(12-14)24(13-18(25)21-9-11-28-3)20(27)16-6-4-5-10-23(15)16/h7-8,12,16H,4-6,9-11,13H2,1-3H3,(H,21,25)/t16-/m1/s1. The summed E-state index contributed by atoms with van der Waals surface area (Å²) in [5.41, 5.74) is 2.03. The molecule has 0 aromatic heterocycles. The van der Waals surface area contributed by atoms with Crippen molar-refractivity contribution in [2.45, 2.75) is 25.3 Å². The highest BCUT2D eigenvalue weighted by atomic mass is 16.5. The molecule has 1 aromatic rings. The molecule has 1 fully saturated rings. The Kier molecular flexibility index (Phi) is 6.18. The maximum absolute atomic E-state index is 13.2. The van der Waals surface area contributed by atoms with Gasteiger partial charge in [0.15, 0.2) is 0 Å². The number of rotatable bonds is 6. The van der Waals surface area contributed by atoms with Crippen LogP contribution in [0.25, 0.3) is 0 Å². The van der Waals surface area contributed by atoms with Crippen LogP contribution in [-0.4, -0.2) is 76.1 Å². The number of nitrogens with one attached hydrogen (secondary N) is 1. The number of ether oxygens (including phenoxy) is 1. The Morgan fingerprint density at radius 3 is 2.75 bits per heavy atom. The normalized spacial score (nSPS) is 18.4. The van der Waals surface area contributed by atoms with E-state index in [-0.39, 0.29) is 30.3 Å². The Morgan fingerprint density at radius 2 is 2.04 bits per heavy atom. The van der Waals surface area contributed by atoms with Gasteiger partial charge >= 0.3 is 0 Å². The van der Waals surface area contributed by atoms with E-state index in [1.807, 2.05) is 6.07 Å². The molecule has 1 aromatic carbocycles. The first-order valence-corrected chi connectivity index (χ1v) is 9.63. The lowest BCUT2D eigenvalue weighted by molar-refractivity contribution is -0.125. The number of amides is 3. The van der Waals surface area contributed by atoms with Gasteiger partial charge in [-0.1, -0.05) is 0 Å². The number of piperidine rings is 1. The minimum Gasteiger partial charge on any atom is -0.383 e. The lowest BCUT2D eigenvalue weighted by atomic mass is 9.95. The molecule has 2 aliphatic heterocycles. The van der Waals surface area contributed by atoms with E-state index in [0.29, 0.717) is 24.4 Å². The van der Waals surface area contributed by atoms with Gasteiger partial charge in [0.05, 0.1) is 18.0 Å². The Bertz CT molecular complexity index is 765. The van der Waals surface area contributed by atoms with Gasteiger partial charge in [-0.25, -0.2) is 0 Å². The maximum Gasteiger partial charge on any atom is 0.253 e. The minimum atomic E-state index is -0.247. The molecule has 0 radical (unpaired) electrons. The van der Waals surface area contributed by atoms with Crippen LogP contribution in [0.3, 0.4) is 0 Å². The molecule has 0 unspecified atom stereocenters. The van der Waals surface area contributed by atoms with E-state index < -0.39 is 0 Å². The largest absolute Gasteiger partial charge is 0.383 e. The number of methoxy groups -OCH3 is 1. The van der Waals surface area contributed by atoms with Crippen LogP contribution in [0.2, 0.25) is 0 Å². The summed E-state index contributed by atoms with van der Waals surface area (Å²) in [5, 5.41) is 2.76. The zero-order valence-corrected chi connectivity index (χ0v) is 16.7. The molecule has 3 rings (SSSR count). The van der Waals surface area contributed by atoms with Crippen molar-refractivity contribution in [2.24, 2.45) is 0 Å². The van der Waals surface area contributed by atoms with E-state index in [1.165, 1.54) is 9.80 Å². The third kappa shape index (κ3) is 3.96. The van der Waals surface area contributed by atoms with Crippen LogP contribution in [0.4, 0.5) is 11.4 Å². The number of hydrogen-bond acceptors (Lipinski definition) is 5. The molecule has 2 aliphatic rings. The predicted octanol–water partition coefficient (Wildman–Crippen LogP) is 0.857. The van der Waals surface area contributed by atoms with Gasteiger partial charge in [0.1, 0.15) is 12.6 Å². The SMILES string of the molecule is COCCNC(=O)CN1C(=O)[C@H]2CCCCN2c2ccc(C(=O)N(C)C)cc21. The van der Waals surface area contributed by atoms with Gasteiger partial charge in [-0.2, -0.15) is 0 Å². The fourth-order valence-electron chi connectivity index (χ4n) is 3.80. The van der Waals surface area contributed by atoms with E-state index in [9.17, 15) is 14.4 Å². The average molecular weight is 388 g/mol. The van der Waals surface area contributed by atoms with E-state index in [2.05, 4.69) is 10.2 Å². The highest BCUT2D eigenvalue weighted by Crippen LogP contribution is 2.40. The van der Waals surface area contributed by atoms with E-state index in [1.54, 1.807) is 33.3 Å². The summed E-state index contributed by atoms with van der Waals surface area (Å²) in [6.07, 6.45) is 2.80. The Hall–Kier alpha value is -2.61. The first-order chi connectivity index (χ1) is 13.4. The maximum atomic E-state index is 13.2.